The number of para-hydroxylation sites is 8. The smallest absolute Gasteiger partial charge is 0.110 e. The lowest BCUT2D eigenvalue weighted by molar-refractivity contribution is 1.31. The van der Waals surface area contributed by atoms with Crippen molar-refractivity contribution in [2.24, 2.45) is 0 Å². The summed E-state index contributed by atoms with van der Waals surface area (Å²) in [6, 6.07) is 118. The Kier molecular flexibility index (Phi) is 14.9. The second-order valence-corrected chi connectivity index (χ2v) is 24.4. The van der Waals surface area contributed by atoms with Gasteiger partial charge in [-0.05, 0) is 109 Å². The van der Waals surface area contributed by atoms with Crippen molar-refractivity contribution in [1.29, 1.82) is 0 Å². The molecule has 0 N–H and O–H groups in total. The Bertz CT molecular complexity index is 3710. The van der Waals surface area contributed by atoms with E-state index >= 15 is 0 Å². The molecule has 0 radical (unpaired) electrons. The van der Waals surface area contributed by atoms with E-state index < -0.39 is 0 Å². The molecule has 0 saturated carbocycles. The Morgan fingerprint density at radius 1 is 0.190 bits per heavy atom. The zero-order valence-electron chi connectivity index (χ0n) is 45.6. The summed E-state index contributed by atoms with van der Waals surface area (Å²) in [4.78, 5) is 14.2. The monoisotopic (exact) mass is 1150 g/mol. The molecule has 0 bridgehead atoms. The summed E-state index contributed by atoms with van der Waals surface area (Å²) in [6.07, 6.45) is 0. The zero-order valence-corrected chi connectivity index (χ0v) is 48.9. The third-order valence-corrected chi connectivity index (χ3v) is 19.1. The van der Waals surface area contributed by atoms with E-state index in [4.69, 9.17) is 0 Å². The molecule has 0 atom stereocenters. The maximum atomic E-state index is 2.40. The van der Waals surface area contributed by atoms with Crippen molar-refractivity contribution in [3.63, 3.8) is 0 Å². The lowest BCUT2D eigenvalue weighted by atomic mass is 9.90. The van der Waals surface area contributed by atoms with Crippen LogP contribution in [0.15, 0.2) is 328 Å². The first-order chi connectivity index (χ1) is 41.7. The molecule has 0 saturated heterocycles. The number of benzene rings is 10. The van der Waals surface area contributed by atoms with Gasteiger partial charge in [0.15, 0.2) is 0 Å². The van der Waals surface area contributed by atoms with Crippen molar-refractivity contribution in [2.45, 2.75) is 0 Å². The molecule has 4 nitrogen and oxygen atoms in total. The summed E-state index contributed by atoms with van der Waals surface area (Å²) in [5.74, 6) is 2.39. The number of rotatable bonds is 18. The first-order valence-electron chi connectivity index (χ1n) is 28.0. The lowest BCUT2D eigenvalue weighted by Gasteiger charge is -2.23. The highest BCUT2D eigenvalue weighted by atomic mass is 32.1. The predicted octanol–water partition coefficient (Wildman–Crippen LogP) is 23.0. The van der Waals surface area contributed by atoms with E-state index in [0.717, 1.165) is 76.6 Å². The third kappa shape index (κ3) is 10.8. The minimum atomic E-state index is 1.11. The first-order valence-corrected chi connectivity index (χ1v) is 31.2. The van der Waals surface area contributed by atoms with Gasteiger partial charge in [0, 0.05) is 129 Å². The van der Waals surface area contributed by atoms with E-state index in [9.17, 15) is 0 Å². The van der Waals surface area contributed by atoms with Gasteiger partial charge in [0.1, 0.15) is 39.5 Å². The van der Waals surface area contributed by atoms with Crippen LogP contribution in [0.4, 0.5) is 65.5 Å². The zero-order chi connectivity index (χ0) is 56.0. The normalized spacial score (nSPS) is 11.1. The average Bonchev–Trinajstić information content (AvgIpc) is 4.18. The van der Waals surface area contributed by atoms with Gasteiger partial charge in [-0.15, -0.1) is 0 Å². The van der Waals surface area contributed by atoms with E-state index in [1.807, 2.05) is 45.3 Å². The molecule has 0 aliphatic carbocycles. The highest BCUT2D eigenvalue weighted by Gasteiger charge is 2.33. The van der Waals surface area contributed by atoms with Gasteiger partial charge in [0.2, 0.25) is 0 Å². The number of thiophene rings is 4. The summed E-state index contributed by atoms with van der Waals surface area (Å²) in [6.45, 7) is 0. The van der Waals surface area contributed by atoms with Crippen LogP contribution < -0.4 is 19.6 Å². The van der Waals surface area contributed by atoms with Crippen molar-refractivity contribution < 1.29 is 0 Å². The molecule has 0 spiro atoms. The maximum absolute atomic E-state index is 2.40. The largest absolute Gasteiger partial charge is 0.301 e. The van der Waals surface area contributed by atoms with Gasteiger partial charge >= 0.3 is 0 Å². The Labute approximate surface area is 507 Å². The van der Waals surface area contributed by atoms with E-state index in [2.05, 4.69) is 347 Å². The molecular weight excluding hydrogens is 1100 g/mol. The van der Waals surface area contributed by atoms with Gasteiger partial charge in [-0.3, -0.25) is 0 Å². The van der Waals surface area contributed by atoms with Crippen LogP contribution in [0, 0.1) is 11.8 Å². The Balaban J connectivity index is 0.889. The van der Waals surface area contributed by atoms with Crippen LogP contribution in [-0.4, -0.2) is 0 Å². The Hall–Kier alpha value is -9.80. The fraction of sp³-hybridized carbons (Fsp3) is 0. The fourth-order valence-corrected chi connectivity index (χ4v) is 15.6. The second kappa shape index (κ2) is 24.0. The number of nitrogens with zero attached hydrogens (tertiary/aromatic N) is 4. The molecule has 0 aliphatic rings. The molecule has 10 aromatic carbocycles. The second-order valence-electron chi connectivity index (χ2n) is 20.1. The SMILES string of the molecule is c1ccc(N(c2ccccc2)c2ccc([C+](c3ccc4cc([C+](c5ccc(N(c6ccccc6)c6ccccc6)s5)c5ccc(N(c6ccccc6)c6ccccc6)s5)ccc4c3)c3ccc(N(c4ccccc4)c4ccccc4)s3)s2)cc1. The number of hydrogen-bond donors (Lipinski definition) is 0. The van der Waals surface area contributed by atoms with Gasteiger partial charge in [0.25, 0.3) is 0 Å². The molecule has 4 heterocycles. The number of anilines is 12. The van der Waals surface area contributed by atoms with E-state index in [0.29, 0.717) is 0 Å². The maximum Gasteiger partial charge on any atom is 0.110 e. The first kappa shape index (κ1) is 52.3. The van der Waals surface area contributed by atoms with Crippen LogP contribution in [0.2, 0.25) is 0 Å². The predicted molar refractivity (Wildman–Crippen MR) is 361 cm³/mol. The molecule has 400 valence electrons. The Morgan fingerprint density at radius 3 is 0.571 bits per heavy atom. The summed E-state index contributed by atoms with van der Waals surface area (Å²) in [7, 11) is 0. The van der Waals surface area contributed by atoms with Crippen molar-refractivity contribution in [3.05, 3.63) is 370 Å². The minimum Gasteiger partial charge on any atom is -0.301 e. The molecule has 14 rings (SSSR count). The van der Waals surface area contributed by atoms with Gasteiger partial charge in [-0.2, -0.15) is 0 Å². The average molecular weight is 1150 g/mol. The van der Waals surface area contributed by atoms with Crippen LogP contribution in [0.1, 0.15) is 30.6 Å². The van der Waals surface area contributed by atoms with E-state index in [1.54, 1.807) is 0 Å². The summed E-state index contributed by atoms with van der Waals surface area (Å²) in [5, 5.41) is 6.90. The van der Waals surface area contributed by atoms with Gasteiger partial charge in [-0.25, -0.2) is 0 Å². The highest BCUT2D eigenvalue weighted by Crippen LogP contribution is 2.50. The molecular formula is C76H54N4S4+2. The van der Waals surface area contributed by atoms with Crippen LogP contribution in [0.25, 0.3) is 10.8 Å². The van der Waals surface area contributed by atoms with Gasteiger partial charge in [0.05, 0.1) is 23.0 Å². The highest BCUT2D eigenvalue weighted by molar-refractivity contribution is 7.19. The molecule has 0 aliphatic heterocycles. The molecule has 4 aromatic heterocycles. The minimum absolute atomic E-state index is 1.11. The van der Waals surface area contributed by atoms with E-state index in [-0.39, 0.29) is 0 Å². The van der Waals surface area contributed by atoms with Crippen LogP contribution >= 0.6 is 45.3 Å². The van der Waals surface area contributed by atoms with Crippen molar-refractivity contribution in [3.8, 4) is 0 Å². The molecule has 0 unspecified atom stereocenters. The molecule has 0 amide bonds. The van der Waals surface area contributed by atoms with Gasteiger partial charge in [-0.1, -0.05) is 191 Å². The van der Waals surface area contributed by atoms with Crippen LogP contribution in [0.5, 0.6) is 0 Å². The summed E-state index contributed by atoms with van der Waals surface area (Å²) in [5.41, 5.74) is 11.2. The summed E-state index contributed by atoms with van der Waals surface area (Å²) >= 11 is 7.29. The topological polar surface area (TPSA) is 13.0 Å². The lowest BCUT2D eigenvalue weighted by Crippen LogP contribution is -2.08. The van der Waals surface area contributed by atoms with Crippen molar-refractivity contribution in [2.75, 3.05) is 19.6 Å². The standard InChI is InChI=1S/C76H54N4S4/c1-9-25-59(26-10-1)77(60-27-11-2-12-28-60)71-49-45-67(81-71)75(68-46-50-72(82-68)78(61-29-13-3-14-30-61)62-31-15-4-16-32-62)57-43-41-56-54-58(44-42-55(56)53-57)76(69-47-51-73(83-69)79(63-33-17-5-18-34-63)64-35-19-6-20-36-64)70-48-52-74(84-70)80(65-37-21-7-22-38-65)66-39-23-8-24-40-66/h1-54H/q+2. The fourth-order valence-electron chi connectivity index (χ4n) is 10.9. The molecule has 0 fully saturated rings. The number of fused-ring (bicyclic) bond motifs is 1. The van der Waals surface area contributed by atoms with Crippen molar-refractivity contribution >= 4 is 122 Å². The quantitative estimate of drug-likeness (QED) is 0.0794. The van der Waals surface area contributed by atoms with Gasteiger partial charge < -0.3 is 19.6 Å². The van der Waals surface area contributed by atoms with Crippen LogP contribution in [0.3, 0.4) is 0 Å². The Morgan fingerprint density at radius 2 is 0.381 bits per heavy atom. The molecule has 14 aromatic rings. The van der Waals surface area contributed by atoms with E-state index in [1.165, 1.54) is 42.1 Å². The van der Waals surface area contributed by atoms with Crippen LogP contribution in [-0.2, 0) is 0 Å². The molecule has 8 heteroatoms. The third-order valence-electron chi connectivity index (χ3n) is 14.8. The summed E-state index contributed by atoms with van der Waals surface area (Å²) < 4.78 is 0. The molecule has 84 heavy (non-hydrogen) atoms. The van der Waals surface area contributed by atoms with Crippen molar-refractivity contribution in [1.82, 2.24) is 0 Å². The number of hydrogen-bond acceptors (Lipinski definition) is 8.